The number of carbonyl (C=O) groups excluding carboxylic acids is 1. The highest BCUT2D eigenvalue weighted by Crippen LogP contribution is 2.35. The lowest BCUT2D eigenvalue weighted by Crippen LogP contribution is -2.49. The first-order valence-electron chi connectivity index (χ1n) is 10.8. The summed E-state index contributed by atoms with van der Waals surface area (Å²) in [6.45, 7) is 3.64. The van der Waals surface area contributed by atoms with Crippen molar-refractivity contribution >= 4 is 23.3 Å². The predicted molar refractivity (Wildman–Crippen MR) is 125 cm³/mol. The average Bonchev–Trinajstić information content (AvgIpc) is 3.30. The Bertz CT molecular complexity index is 1400. The first kappa shape index (κ1) is 22.9. The Labute approximate surface area is 204 Å². The number of aromatic nitrogens is 4. The average molecular weight is 497 g/mol. The smallest absolute Gasteiger partial charge is 0.276 e. The summed E-state index contributed by atoms with van der Waals surface area (Å²) in [7, 11) is 0. The summed E-state index contributed by atoms with van der Waals surface area (Å²) in [5.74, 6) is -0.522. The van der Waals surface area contributed by atoms with Crippen LogP contribution in [0.1, 0.15) is 16.2 Å². The maximum absolute atomic E-state index is 14.6. The summed E-state index contributed by atoms with van der Waals surface area (Å²) in [6, 6.07) is 6.56. The van der Waals surface area contributed by atoms with Crippen molar-refractivity contribution < 1.29 is 18.1 Å². The van der Waals surface area contributed by atoms with Crippen LogP contribution in [0, 0.1) is 18.6 Å². The Morgan fingerprint density at radius 2 is 1.83 bits per heavy atom. The van der Waals surface area contributed by atoms with E-state index in [1.807, 2.05) is 4.90 Å². The molecule has 3 aromatic heterocycles. The van der Waals surface area contributed by atoms with Gasteiger partial charge in [0.1, 0.15) is 28.9 Å². The van der Waals surface area contributed by atoms with Gasteiger partial charge in [0.15, 0.2) is 5.69 Å². The Kier molecular flexibility index (Phi) is 6.12. The zero-order valence-electron chi connectivity index (χ0n) is 18.6. The molecule has 8 nitrogen and oxygen atoms in total. The molecule has 4 aromatic rings. The van der Waals surface area contributed by atoms with Crippen molar-refractivity contribution in [3.63, 3.8) is 0 Å². The van der Waals surface area contributed by atoms with Crippen LogP contribution in [0.5, 0.6) is 0 Å². The van der Waals surface area contributed by atoms with Crippen LogP contribution in [0.2, 0.25) is 5.02 Å². The second kappa shape index (κ2) is 9.38. The van der Waals surface area contributed by atoms with Crippen molar-refractivity contribution in [3.05, 3.63) is 77.0 Å². The van der Waals surface area contributed by atoms with E-state index in [0.29, 0.717) is 54.0 Å². The Morgan fingerprint density at radius 3 is 2.51 bits per heavy atom. The summed E-state index contributed by atoms with van der Waals surface area (Å²) in [6.07, 6.45) is 4.55. The number of benzene rings is 1. The lowest BCUT2D eigenvalue weighted by Gasteiger charge is -2.35. The summed E-state index contributed by atoms with van der Waals surface area (Å²) < 4.78 is 33.1. The molecule has 1 amide bonds. The summed E-state index contributed by atoms with van der Waals surface area (Å²) in [5, 5.41) is 4.12. The third-order valence-corrected chi connectivity index (χ3v) is 6.01. The van der Waals surface area contributed by atoms with E-state index in [0.717, 1.165) is 6.07 Å². The zero-order chi connectivity index (χ0) is 24.5. The maximum Gasteiger partial charge on any atom is 0.276 e. The van der Waals surface area contributed by atoms with E-state index in [9.17, 15) is 13.6 Å². The van der Waals surface area contributed by atoms with Crippen LogP contribution >= 0.6 is 11.6 Å². The van der Waals surface area contributed by atoms with Crippen molar-refractivity contribution in [1.29, 1.82) is 0 Å². The minimum absolute atomic E-state index is 0.103. The van der Waals surface area contributed by atoms with Gasteiger partial charge in [0.05, 0.1) is 16.9 Å². The van der Waals surface area contributed by atoms with E-state index in [4.69, 9.17) is 21.1 Å². The molecule has 0 aliphatic carbocycles. The number of carbonyl (C=O) groups is 1. The molecule has 0 radical (unpaired) electrons. The monoisotopic (exact) mass is 496 g/mol. The molecule has 1 fully saturated rings. The topological polar surface area (TPSA) is 88.3 Å². The van der Waals surface area contributed by atoms with Gasteiger partial charge in [0.2, 0.25) is 0 Å². The molecule has 0 bridgehead atoms. The van der Waals surface area contributed by atoms with Crippen molar-refractivity contribution in [2.75, 3.05) is 31.1 Å². The van der Waals surface area contributed by atoms with E-state index in [1.165, 1.54) is 24.5 Å². The van der Waals surface area contributed by atoms with Crippen LogP contribution in [-0.4, -0.2) is 57.1 Å². The van der Waals surface area contributed by atoms with Crippen molar-refractivity contribution in [3.8, 4) is 22.5 Å². The molecule has 0 spiro atoms. The quantitative estimate of drug-likeness (QED) is 0.414. The molecular formula is C24H19ClF2N6O2. The lowest BCUT2D eigenvalue weighted by molar-refractivity contribution is 0.0736. The molecular weight excluding hydrogens is 478 g/mol. The van der Waals surface area contributed by atoms with E-state index < -0.39 is 11.6 Å². The van der Waals surface area contributed by atoms with E-state index in [1.54, 1.807) is 30.2 Å². The highest BCUT2D eigenvalue weighted by Gasteiger charge is 2.26. The van der Waals surface area contributed by atoms with Crippen LogP contribution in [0.25, 0.3) is 22.5 Å². The highest BCUT2D eigenvalue weighted by atomic mass is 35.5. The second-order valence-corrected chi connectivity index (χ2v) is 8.41. The van der Waals surface area contributed by atoms with Crippen molar-refractivity contribution in [2.24, 2.45) is 0 Å². The fraction of sp³-hybridized carbons (Fsp3) is 0.208. The number of hydrogen-bond donors (Lipinski definition) is 0. The normalized spacial score (nSPS) is 13.8. The molecule has 11 heteroatoms. The van der Waals surface area contributed by atoms with Gasteiger partial charge >= 0.3 is 0 Å². The molecule has 5 rings (SSSR count). The number of halogens is 3. The third-order valence-electron chi connectivity index (χ3n) is 5.71. The number of piperazine rings is 1. The van der Waals surface area contributed by atoms with Crippen LogP contribution in [0.3, 0.4) is 0 Å². The first-order chi connectivity index (χ1) is 16.9. The number of rotatable bonds is 4. The summed E-state index contributed by atoms with van der Waals surface area (Å²) >= 11 is 6.38. The SMILES string of the molecule is Cc1cc(C(=O)N2CCN(c3cnc(-c4ccc(F)cc4F)c(-c4ccncc4Cl)n3)CC2)no1. The zero-order valence-corrected chi connectivity index (χ0v) is 19.3. The largest absolute Gasteiger partial charge is 0.361 e. The van der Waals surface area contributed by atoms with Gasteiger partial charge < -0.3 is 14.3 Å². The van der Waals surface area contributed by atoms with Crippen LogP contribution in [-0.2, 0) is 0 Å². The van der Waals surface area contributed by atoms with E-state index in [-0.39, 0.29) is 22.9 Å². The molecule has 35 heavy (non-hydrogen) atoms. The van der Waals surface area contributed by atoms with Crippen LogP contribution in [0.15, 0.2) is 53.4 Å². The lowest BCUT2D eigenvalue weighted by atomic mass is 10.0. The standard InChI is InChI=1S/C24H19ClF2N6O2/c1-14-10-20(31-35-14)24(34)33-8-6-32(7-9-33)21-13-29-22(17-3-2-15(26)11-19(17)27)23(30-21)16-4-5-28-12-18(16)25/h2-5,10-13H,6-9H2,1H3. The summed E-state index contributed by atoms with van der Waals surface area (Å²) in [4.78, 5) is 29.6. The maximum atomic E-state index is 14.6. The number of aryl methyl sites for hydroxylation is 1. The van der Waals surface area contributed by atoms with Crippen LogP contribution < -0.4 is 4.90 Å². The predicted octanol–water partition coefficient (Wildman–Crippen LogP) is 4.40. The first-order valence-corrected chi connectivity index (χ1v) is 11.2. The number of anilines is 1. The molecule has 4 heterocycles. The van der Waals surface area contributed by atoms with Gasteiger partial charge in [-0.05, 0) is 25.1 Å². The minimum atomic E-state index is -0.756. The molecule has 178 valence electrons. The second-order valence-electron chi connectivity index (χ2n) is 8.01. The molecule has 0 saturated carbocycles. The number of hydrogen-bond acceptors (Lipinski definition) is 7. The Balaban J connectivity index is 1.45. The van der Waals surface area contributed by atoms with Crippen molar-refractivity contribution in [2.45, 2.75) is 6.92 Å². The van der Waals surface area contributed by atoms with Gasteiger partial charge in [-0.1, -0.05) is 16.8 Å². The number of nitrogens with zero attached hydrogens (tertiary/aromatic N) is 6. The van der Waals surface area contributed by atoms with Crippen molar-refractivity contribution in [1.82, 2.24) is 25.0 Å². The molecule has 1 aliphatic rings. The molecule has 1 aliphatic heterocycles. The van der Waals surface area contributed by atoms with Gasteiger partial charge in [-0.3, -0.25) is 9.78 Å². The molecule has 0 atom stereocenters. The van der Waals surface area contributed by atoms with E-state index >= 15 is 0 Å². The fourth-order valence-corrected chi connectivity index (χ4v) is 4.14. The van der Waals surface area contributed by atoms with Gasteiger partial charge in [-0.2, -0.15) is 0 Å². The van der Waals surface area contributed by atoms with Gasteiger partial charge in [0.25, 0.3) is 5.91 Å². The highest BCUT2D eigenvalue weighted by molar-refractivity contribution is 6.33. The Morgan fingerprint density at radius 1 is 1.03 bits per heavy atom. The molecule has 0 N–H and O–H groups in total. The van der Waals surface area contributed by atoms with Gasteiger partial charge in [-0.15, -0.1) is 0 Å². The van der Waals surface area contributed by atoms with Crippen LogP contribution in [0.4, 0.5) is 14.6 Å². The molecule has 1 aromatic carbocycles. The number of amides is 1. The minimum Gasteiger partial charge on any atom is -0.361 e. The van der Waals surface area contributed by atoms with E-state index in [2.05, 4.69) is 15.1 Å². The summed E-state index contributed by atoms with van der Waals surface area (Å²) in [5.41, 5.74) is 1.47. The van der Waals surface area contributed by atoms with Gasteiger partial charge in [0, 0.05) is 61.8 Å². The molecule has 1 saturated heterocycles. The Hall–Kier alpha value is -3.92. The fourth-order valence-electron chi connectivity index (χ4n) is 3.93. The molecule has 0 unspecified atom stereocenters. The number of pyridine rings is 1. The third kappa shape index (κ3) is 4.57. The van der Waals surface area contributed by atoms with Gasteiger partial charge in [-0.25, -0.2) is 18.7 Å².